The van der Waals surface area contributed by atoms with Gasteiger partial charge in [-0.3, -0.25) is 0 Å². The van der Waals surface area contributed by atoms with Crippen LogP contribution in [0.4, 0.5) is 17.1 Å². The quantitative estimate of drug-likeness (QED) is 0.169. The number of aromatic nitrogens is 1. The fraction of sp³-hybridized carbons (Fsp3) is 0. The Morgan fingerprint density at radius 2 is 0.776 bits per heavy atom. The van der Waals surface area contributed by atoms with Gasteiger partial charge in [0, 0.05) is 59.6 Å². The molecule has 12 aromatic rings. The van der Waals surface area contributed by atoms with Crippen LogP contribution in [0.25, 0.3) is 97.7 Å². The second-order valence-electron chi connectivity index (χ2n) is 14.7. The number of thiophene rings is 1. The normalized spacial score (nSPS) is 11.8. The molecular formula is C53H32N2O2S. The highest BCUT2D eigenvalue weighted by molar-refractivity contribution is 7.25. The standard InChI is InChI=1S/C53H32N2O2S/c1-4-10-48-41(7-1)43-27-19-36(31-50(43)56-48)33-13-21-38(22-14-33)55(39-23-15-34(16-24-39)37-20-28-44-42-8-2-5-11-49(42)57-51(44)32-37)40-25-17-35(18-26-40)47-30-29-46-45-9-3-6-12-52(45)58-53(46)54-47/h1-32H. The average molecular weight is 761 g/mol. The molecule has 0 saturated heterocycles. The predicted octanol–water partition coefficient (Wildman–Crippen LogP) is 15.7. The van der Waals surface area contributed by atoms with Gasteiger partial charge in [0.15, 0.2) is 0 Å². The Hall–Kier alpha value is -7.47. The van der Waals surface area contributed by atoms with E-state index in [0.717, 1.165) is 99.3 Å². The largest absolute Gasteiger partial charge is 0.456 e. The molecule has 8 aromatic carbocycles. The molecule has 0 unspecified atom stereocenters. The third-order valence-corrected chi connectivity index (χ3v) is 12.4. The summed E-state index contributed by atoms with van der Waals surface area (Å²) in [7, 11) is 0. The van der Waals surface area contributed by atoms with E-state index in [0.29, 0.717) is 0 Å². The molecule has 0 aliphatic carbocycles. The van der Waals surface area contributed by atoms with Crippen molar-refractivity contribution in [2.75, 3.05) is 4.90 Å². The maximum absolute atomic E-state index is 6.23. The summed E-state index contributed by atoms with van der Waals surface area (Å²) >= 11 is 1.74. The molecule has 0 saturated carbocycles. The highest BCUT2D eigenvalue weighted by atomic mass is 32.1. The van der Waals surface area contributed by atoms with Crippen molar-refractivity contribution >= 4 is 92.6 Å². The minimum atomic E-state index is 0.894. The maximum Gasteiger partial charge on any atom is 0.136 e. The summed E-state index contributed by atoms with van der Waals surface area (Å²) < 4.78 is 13.7. The van der Waals surface area contributed by atoms with Crippen LogP contribution in [-0.2, 0) is 0 Å². The number of para-hydroxylation sites is 2. The first-order chi connectivity index (χ1) is 28.7. The van der Waals surface area contributed by atoms with Gasteiger partial charge in [-0.25, -0.2) is 4.98 Å². The van der Waals surface area contributed by atoms with Crippen molar-refractivity contribution < 1.29 is 8.83 Å². The van der Waals surface area contributed by atoms with Gasteiger partial charge in [-0.05, 0) is 113 Å². The molecule has 4 heterocycles. The van der Waals surface area contributed by atoms with Crippen LogP contribution in [0, 0.1) is 0 Å². The van der Waals surface area contributed by atoms with Crippen LogP contribution in [-0.4, -0.2) is 4.98 Å². The Morgan fingerprint density at radius 3 is 1.33 bits per heavy atom. The van der Waals surface area contributed by atoms with Crippen molar-refractivity contribution in [1.29, 1.82) is 0 Å². The number of hydrogen-bond acceptors (Lipinski definition) is 5. The average Bonchev–Trinajstić information content (AvgIpc) is 3.97. The lowest BCUT2D eigenvalue weighted by atomic mass is 10.0. The van der Waals surface area contributed by atoms with Gasteiger partial charge in [0.25, 0.3) is 0 Å². The Labute approximate surface area is 337 Å². The van der Waals surface area contributed by atoms with E-state index in [9.17, 15) is 0 Å². The van der Waals surface area contributed by atoms with Gasteiger partial charge in [-0.15, -0.1) is 11.3 Å². The molecule has 4 aromatic heterocycles. The first-order valence-electron chi connectivity index (χ1n) is 19.4. The van der Waals surface area contributed by atoms with Crippen molar-refractivity contribution in [3.63, 3.8) is 0 Å². The molecule has 0 aliphatic heterocycles. The molecule has 272 valence electrons. The van der Waals surface area contributed by atoms with E-state index >= 15 is 0 Å². The lowest BCUT2D eigenvalue weighted by Gasteiger charge is -2.26. The monoisotopic (exact) mass is 760 g/mol. The first kappa shape index (κ1) is 32.7. The maximum atomic E-state index is 6.23. The highest BCUT2D eigenvalue weighted by Crippen LogP contribution is 2.40. The van der Waals surface area contributed by atoms with E-state index in [2.05, 4.69) is 175 Å². The topological polar surface area (TPSA) is 42.4 Å². The number of anilines is 3. The Morgan fingerprint density at radius 1 is 0.345 bits per heavy atom. The summed E-state index contributed by atoms with van der Waals surface area (Å²) in [6.07, 6.45) is 0. The number of benzene rings is 8. The Balaban J connectivity index is 0.911. The van der Waals surface area contributed by atoms with Gasteiger partial charge in [0.1, 0.15) is 27.2 Å². The lowest BCUT2D eigenvalue weighted by molar-refractivity contribution is 0.668. The number of hydrogen-bond donors (Lipinski definition) is 0. The molecule has 0 atom stereocenters. The van der Waals surface area contributed by atoms with E-state index in [1.807, 2.05) is 24.3 Å². The Bertz CT molecular complexity index is 3130. The van der Waals surface area contributed by atoms with E-state index in [4.69, 9.17) is 13.8 Å². The zero-order valence-electron chi connectivity index (χ0n) is 31.1. The molecule has 0 spiro atoms. The molecule has 0 bridgehead atoms. The van der Waals surface area contributed by atoms with Crippen LogP contribution in [0.1, 0.15) is 0 Å². The van der Waals surface area contributed by atoms with Crippen molar-refractivity contribution in [2.24, 2.45) is 0 Å². The minimum Gasteiger partial charge on any atom is -0.456 e. The van der Waals surface area contributed by atoms with E-state index in [1.54, 1.807) is 11.3 Å². The van der Waals surface area contributed by atoms with Gasteiger partial charge in [0.05, 0.1) is 5.69 Å². The molecule has 0 amide bonds. The molecular weight excluding hydrogens is 729 g/mol. The number of furan rings is 2. The van der Waals surface area contributed by atoms with Crippen molar-refractivity contribution in [3.8, 4) is 33.5 Å². The van der Waals surface area contributed by atoms with Gasteiger partial charge < -0.3 is 13.7 Å². The van der Waals surface area contributed by atoms with Crippen LogP contribution in [0.5, 0.6) is 0 Å². The lowest BCUT2D eigenvalue weighted by Crippen LogP contribution is -2.09. The summed E-state index contributed by atoms with van der Waals surface area (Å²) in [6.45, 7) is 0. The van der Waals surface area contributed by atoms with E-state index in [-0.39, 0.29) is 0 Å². The second kappa shape index (κ2) is 13.1. The summed E-state index contributed by atoms with van der Waals surface area (Å²) in [4.78, 5) is 8.47. The van der Waals surface area contributed by atoms with Gasteiger partial charge >= 0.3 is 0 Å². The van der Waals surface area contributed by atoms with Gasteiger partial charge in [-0.2, -0.15) is 0 Å². The number of rotatable bonds is 6. The van der Waals surface area contributed by atoms with Crippen molar-refractivity contribution in [2.45, 2.75) is 0 Å². The Kier molecular flexibility index (Phi) is 7.37. The van der Waals surface area contributed by atoms with E-state index < -0.39 is 0 Å². The number of pyridine rings is 1. The van der Waals surface area contributed by atoms with E-state index in [1.165, 1.54) is 15.5 Å². The second-order valence-corrected chi connectivity index (χ2v) is 15.8. The SMILES string of the molecule is c1ccc2c(c1)oc1cc(-c3ccc(N(c4ccc(-c5ccc6c(c5)oc5ccccc56)cc4)c4ccc(-c5ccc6c(n5)sc5ccccc56)cc4)cc3)ccc12. The van der Waals surface area contributed by atoms with Crippen LogP contribution in [0.2, 0.25) is 0 Å². The molecule has 0 aliphatic rings. The number of fused-ring (bicyclic) bond motifs is 9. The zero-order chi connectivity index (χ0) is 38.2. The molecule has 0 N–H and O–H groups in total. The van der Waals surface area contributed by atoms with Crippen molar-refractivity contribution in [3.05, 3.63) is 194 Å². The third-order valence-electron chi connectivity index (χ3n) is 11.3. The van der Waals surface area contributed by atoms with Crippen LogP contribution >= 0.6 is 11.3 Å². The molecule has 58 heavy (non-hydrogen) atoms. The first-order valence-corrected chi connectivity index (χ1v) is 20.2. The molecule has 0 fully saturated rings. The molecule has 12 rings (SSSR count). The number of nitrogens with zero attached hydrogens (tertiary/aromatic N) is 2. The molecule has 0 radical (unpaired) electrons. The van der Waals surface area contributed by atoms with Crippen LogP contribution in [0.3, 0.4) is 0 Å². The fourth-order valence-electron chi connectivity index (χ4n) is 8.41. The highest BCUT2D eigenvalue weighted by Gasteiger charge is 2.16. The molecule has 4 nitrogen and oxygen atoms in total. The predicted molar refractivity (Wildman–Crippen MR) is 243 cm³/mol. The van der Waals surface area contributed by atoms with Gasteiger partial charge in [0.2, 0.25) is 0 Å². The summed E-state index contributed by atoms with van der Waals surface area (Å²) in [5, 5.41) is 7.00. The third kappa shape index (κ3) is 5.40. The fourth-order valence-corrected chi connectivity index (χ4v) is 9.49. The summed E-state index contributed by atoms with van der Waals surface area (Å²) in [5.41, 5.74) is 13.3. The summed E-state index contributed by atoms with van der Waals surface area (Å²) in [6, 6.07) is 68.6. The molecule has 5 heteroatoms. The smallest absolute Gasteiger partial charge is 0.136 e. The minimum absolute atomic E-state index is 0.894. The zero-order valence-corrected chi connectivity index (χ0v) is 31.9. The van der Waals surface area contributed by atoms with Gasteiger partial charge in [-0.1, -0.05) is 103 Å². The van der Waals surface area contributed by atoms with Crippen LogP contribution in [0.15, 0.2) is 203 Å². The van der Waals surface area contributed by atoms with Crippen molar-refractivity contribution in [1.82, 2.24) is 4.98 Å². The summed E-state index contributed by atoms with van der Waals surface area (Å²) in [5.74, 6) is 0. The van der Waals surface area contributed by atoms with Crippen LogP contribution < -0.4 is 4.90 Å².